The molecular weight excluding hydrogens is 382 g/mol. The van der Waals surface area contributed by atoms with Crippen LogP contribution in [-0.2, 0) is 10.0 Å². The largest absolute Gasteiger partial charge is 0.233 e. The Morgan fingerprint density at radius 1 is 1.05 bits per heavy atom. The standard InChI is InChI=1S/C16H16BrNO2S2/c17-15-6-8-16(9-7-15)21-12-11-18-22(19,20)13-10-14-4-2-1-3-5-14/h1-10,13,18H,11-12H2. The Bertz CT molecular complexity index is 714. The van der Waals surface area contributed by atoms with Crippen molar-refractivity contribution in [2.24, 2.45) is 0 Å². The Morgan fingerprint density at radius 3 is 2.41 bits per heavy atom. The second kappa shape index (κ2) is 8.53. The number of nitrogens with one attached hydrogen (secondary N) is 1. The minimum atomic E-state index is -3.39. The minimum absolute atomic E-state index is 0.391. The lowest BCUT2D eigenvalue weighted by Gasteiger charge is -2.03. The van der Waals surface area contributed by atoms with Crippen LogP contribution in [0.25, 0.3) is 6.08 Å². The zero-order valence-electron chi connectivity index (χ0n) is 11.8. The predicted molar refractivity (Wildman–Crippen MR) is 97.3 cm³/mol. The zero-order chi connectivity index (χ0) is 15.8. The summed E-state index contributed by atoms with van der Waals surface area (Å²) < 4.78 is 27.3. The number of thioether (sulfide) groups is 1. The van der Waals surface area contributed by atoms with Gasteiger partial charge in [0.15, 0.2) is 0 Å². The van der Waals surface area contributed by atoms with E-state index in [4.69, 9.17) is 0 Å². The molecule has 0 unspecified atom stereocenters. The third-order valence-electron chi connectivity index (χ3n) is 2.73. The first-order valence-corrected chi connectivity index (χ1v) is 9.99. The summed E-state index contributed by atoms with van der Waals surface area (Å²) in [7, 11) is -3.39. The second-order valence-corrected chi connectivity index (χ2v) is 8.19. The van der Waals surface area contributed by atoms with Crippen LogP contribution in [0.5, 0.6) is 0 Å². The summed E-state index contributed by atoms with van der Waals surface area (Å²) in [5, 5.41) is 1.20. The van der Waals surface area contributed by atoms with Gasteiger partial charge in [-0.3, -0.25) is 0 Å². The molecule has 0 aliphatic carbocycles. The summed E-state index contributed by atoms with van der Waals surface area (Å²) in [5.74, 6) is 0.681. The van der Waals surface area contributed by atoms with Gasteiger partial charge in [-0.15, -0.1) is 11.8 Å². The first-order valence-electron chi connectivity index (χ1n) is 6.66. The van der Waals surface area contributed by atoms with E-state index in [1.165, 1.54) is 5.41 Å². The number of hydrogen-bond acceptors (Lipinski definition) is 3. The molecule has 1 N–H and O–H groups in total. The Labute approximate surface area is 144 Å². The average Bonchev–Trinajstić information content (AvgIpc) is 2.52. The Morgan fingerprint density at radius 2 is 1.73 bits per heavy atom. The quantitative estimate of drug-likeness (QED) is 0.564. The molecule has 0 aromatic heterocycles. The molecule has 2 rings (SSSR count). The van der Waals surface area contributed by atoms with Crippen molar-refractivity contribution in [2.75, 3.05) is 12.3 Å². The number of rotatable bonds is 7. The van der Waals surface area contributed by atoms with Gasteiger partial charge in [0.2, 0.25) is 10.0 Å². The lowest BCUT2D eigenvalue weighted by atomic mass is 10.2. The molecule has 0 saturated carbocycles. The van der Waals surface area contributed by atoms with Crippen LogP contribution in [0.2, 0.25) is 0 Å². The van der Waals surface area contributed by atoms with Gasteiger partial charge in [0, 0.05) is 27.1 Å². The fourth-order valence-corrected chi connectivity index (χ4v) is 3.65. The predicted octanol–water partition coefficient (Wildman–Crippen LogP) is 4.13. The third kappa shape index (κ3) is 6.36. The van der Waals surface area contributed by atoms with Gasteiger partial charge in [-0.2, -0.15) is 0 Å². The Kier molecular flexibility index (Phi) is 6.70. The van der Waals surface area contributed by atoms with E-state index in [1.807, 2.05) is 54.6 Å². The highest BCUT2D eigenvalue weighted by atomic mass is 79.9. The topological polar surface area (TPSA) is 46.2 Å². The smallest absolute Gasteiger partial charge is 0.211 e. The molecule has 2 aromatic carbocycles. The highest BCUT2D eigenvalue weighted by Crippen LogP contribution is 2.20. The SMILES string of the molecule is O=S(=O)(C=Cc1ccccc1)NCCSc1ccc(Br)cc1. The molecule has 2 aromatic rings. The summed E-state index contributed by atoms with van der Waals surface area (Å²) in [6.07, 6.45) is 1.59. The summed E-state index contributed by atoms with van der Waals surface area (Å²) in [4.78, 5) is 1.11. The van der Waals surface area contributed by atoms with E-state index in [9.17, 15) is 8.42 Å². The highest BCUT2D eigenvalue weighted by Gasteiger charge is 2.04. The molecule has 0 bridgehead atoms. The lowest BCUT2D eigenvalue weighted by Crippen LogP contribution is -2.23. The normalized spacial score (nSPS) is 11.9. The van der Waals surface area contributed by atoms with E-state index in [-0.39, 0.29) is 0 Å². The molecular formula is C16H16BrNO2S2. The molecule has 0 heterocycles. The van der Waals surface area contributed by atoms with Gasteiger partial charge in [0.25, 0.3) is 0 Å². The van der Waals surface area contributed by atoms with E-state index in [0.29, 0.717) is 12.3 Å². The lowest BCUT2D eigenvalue weighted by molar-refractivity contribution is 0.593. The first-order chi connectivity index (χ1) is 10.6. The minimum Gasteiger partial charge on any atom is -0.211 e. The fraction of sp³-hybridized carbons (Fsp3) is 0.125. The zero-order valence-corrected chi connectivity index (χ0v) is 15.0. The van der Waals surface area contributed by atoms with Crippen LogP contribution >= 0.6 is 27.7 Å². The number of benzene rings is 2. The summed E-state index contributed by atoms with van der Waals surface area (Å²) in [6, 6.07) is 17.3. The van der Waals surface area contributed by atoms with Crippen LogP contribution in [-0.4, -0.2) is 20.7 Å². The average molecular weight is 398 g/mol. The van der Waals surface area contributed by atoms with Crippen LogP contribution in [0.3, 0.4) is 0 Å². The van der Waals surface area contributed by atoms with E-state index < -0.39 is 10.0 Å². The molecule has 22 heavy (non-hydrogen) atoms. The maximum Gasteiger partial charge on any atom is 0.233 e. The first kappa shape index (κ1) is 17.3. The van der Waals surface area contributed by atoms with Crippen molar-refractivity contribution in [1.29, 1.82) is 0 Å². The maximum atomic E-state index is 11.8. The molecule has 6 heteroatoms. The van der Waals surface area contributed by atoms with Gasteiger partial charge in [-0.25, -0.2) is 13.1 Å². The molecule has 0 saturated heterocycles. The van der Waals surface area contributed by atoms with Crippen molar-refractivity contribution >= 4 is 43.8 Å². The molecule has 0 radical (unpaired) electrons. The highest BCUT2D eigenvalue weighted by molar-refractivity contribution is 9.10. The van der Waals surface area contributed by atoms with Gasteiger partial charge >= 0.3 is 0 Å². The van der Waals surface area contributed by atoms with Gasteiger partial charge < -0.3 is 0 Å². The molecule has 116 valence electrons. The van der Waals surface area contributed by atoms with Crippen LogP contribution in [0.1, 0.15) is 5.56 Å². The van der Waals surface area contributed by atoms with Gasteiger partial charge in [-0.05, 0) is 35.9 Å². The van der Waals surface area contributed by atoms with Gasteiger partial charge in [0.1, 0.15) is 0 Å². The van der Waals surface area contributed by atoms with E-state index in [2.05, 4.69) is 20.7 Å². The summed E-state index contributed by atoms with van der Waals surface area (Å²) in [5.41, 5.74) is 0.858. The van der Waals surface area contributed by atoms with E-state index in [1.54, 1.807) is 17.8 Å². The van der Waals surface area contributed by atoms with Gasteiger partial charge in [-0.1, -0.05) is 46.3 Å². The van der Waals surface area contributed by atoms with E-state index in [0.717, 1.165) is 14.9 Å². The van der Waals surface area contributed by atoms with Crippen LogP contribution < -0.4 is 4.72 Å². The summed E-state index contributed by atoms with van der Waals surface area (Å²) >= 11 is 4.99. The van der Waals surface area contributed by atoms with Crippen molar-refractivity contribution < 1.29 is 8.42 Å². The molecule has 0 spiro atoms. The Balaban J connectivity index is 1.78. The molecule has 0 amide bonds. The molecule has 0 aliphatic heterocycles. The monoisotopic (exact) mass is 397 g/mol. The van der Waals surface area contributed by atoms with Crippen LogP contribution in [0.15, 0.2) is 69.4 Å². The number of hydrogen-bond donors (Lipinski definition) is 1. The fourth-order valence-electron chi connectivity index (χ4n) is 1.66. The van der Waals surface area contributed by atoms with E-state index >= 15 is 0 Å². The van der Waals surface area contributed by atoms with Crippen molar-refractivity contribution in [2.45, 2.75) is 4.90 Å². The van der Waals surface area contributed by atoms with Crippen molar-refractivity contribution in [3.8, 4) is 0 Å². The molecule has 0 aliphatic rings. The summed E-state index contributed by atoms with van der Waals surface area (Å²) in [6.45, 7) is 0.391. The Hall–Kier alpha value is -1.08. The van der Waals surface area contributed by atoms with Crippen molar-refractivity contribution in [1.82, 2.24) is 4.72 Å². The molecule has 0 atom stereocenters. The maximum absolute atomic E-state index is 11.8. The molecule has 0 fully saturated rings. The number of halogens is 1. The van der Waals surface area contributed by atoms with Crippen molar-refractivity contribution in [3.05, 3.63) is 70.0 Å². The van der Waals surface area contributed by atoms with Crippen molar-refractivity contribution in [3.63, 3.8) is 0 Å². The van der Waals surface area contributed by atoms with Crippen LogP contribution in [0.4, 0.5) is 0 Å². The second-order valence-electron chi connectivity index (χ2n) is 4.46. The van der Waals surface area contributed by atoms with Crippen LogP contribution in [0, 0.1) is 0 Å². The molecule has 3 nitrogen and oxygen atoms in total. The number of sulfonamides is 1. The van der Waals surface area contributed by atoms with Gasteiger partial charge in [0.05, 0.1) is 0 Å². The third-order valence-corrected chi connectivity index (χ3v) is 5.37.